The number of rotatable bonds is 2. The molecule has 2 aliphatic rings. The van der Waals surface area contributed by atoms with Crippen molar-refractivity contribution >= 4 is 6.29 Å². The Hall–Kier alpha value is -0.330. The Morgan fingerprint density at radius 3 is 2.09 bits per heavy atom. The number of carbonyl (C=O) groups excluding carboxylic acids is 1. The second kappa shape index (κ2) is 2.62. The van der Waals surface area contributed by atoms with Crippen LogP contribution in [0.2, 0.25) is 0 Å². The van der Waals surface area contributed by atoms with Crippen LogP contribution in [0.4, 0.5) is 0 Å². The molecule has 0 radical (unpaired) electrons. The van der Waals surface area contributed by atoms with Crippen LogP contribution in [0.25, 0.3) is 0 Å². The van der Waals surface area contributed by atoms with E-state index in [1.165, 1.54) is 51.2 Å². The molecule has 0 aliphatic heterocycles. The van der Waals surface area contributed by atoms with Crippen molar-refractivity contribution in [2.45, 2.75) is 44.9 Å². The van der Waals surface area contributed by atoms with E-state index >= 15 is 0 Å². The van der Waals surface area contributed by atoms with Gasteiger partial charge in [0.25, 0.3) is 0 Å². The molecule has 0 heterocycles. The van der Waals surface area contributed by atoms with Crippen LogP contribution in [0.5, 0.6) is 0 Å². The van der Waals surface area contributed by atoms with Crippen molar-refractivity contribution in [1.82, 2.24) is 0 Å². The van der Waals surface area contributed by atoms with Crippen molar-refractivity contribution in [3.8, 4) is 0 Å². The van der Waals surface area contributed by atoms with Crippen LogP contribution < -0.4 is 0 Å². The molecule has 0 saturated heterocycles. The maximum atomic E-state index is 11.0. The first-order valence-corrected chi connectivity index (χ1v) is 4.84. The molecular formula is C10H16O. The molecule has 0 aromatic carbocycles. The van der Waals surface area contributed by atoms with Crippen LogP contribution in [-0.4, -0.2) is 6.29 Å². The van der Waals surface area contributed by atoms with E-state index in [2.05, 4.69) is 0 Å². The van der Waals surface area contributed by atoms with Gasteiger partial charge in [0, 0.05) is 5.41 Å². The van der Waals surface area contributed by atoms with Crippen LogP contribution in [-0.2, 0) is 4.79 Å². The number of aldehydes is 1. The van der Waals surface area contributed by atoms with E-state index < -0.39 is 0 Å². The third-order valence-electron chi connectivity index (χ3n) is 3.69. The van der Waals surface area contributed by atoms with E-state index in [4.69, 9.17) is 0 Å². The fourth-order valence-electron chi connectivity index (χ4n) is 2.64. The Bertz CT molecular complexity index is 152. The topological polar surface area (TPSA) is 17.1 Å². The first kappa shape index (κ1) is 7.33. The van der Waals surface area contributed by atoms with Gasteiger partial charge in [-0.25, -0.2) is 0 Å². The summed E-state index contributed by atoms with van der Waals surface area (Å²) in [6.07, 6.45) is 10.2. The minimum atomic E-state index is 0.151. The molecule has 1 heteroatoms. The fourth-order valence-corrected chi connectivity index (χ4v) is 2.64. The maximum Gasteiger partial charge on any atom is 0.126 e. The zero-order valence-corrected chi connectivity index (χ0v) is 7.01. The molecule has 2 fully saturated rings. The zero-order chi connectivity index (χ0) is 7.73. The minimum Gasteiger partial charge on any atom is -0.303 e. The summed E-state index contributed by atoms with van der Waals surface area (Å²) in [5.41, 5.74) is 0.151. The van der Waals surface area contributed by atoms with Gasteiger partial charge in [-0.05, 0) is 31.6 Å². The third-order valence-corrected chi connectivity index (χ3v) is 3.69. The molecule has 2 aliphatic carbocycles. The standard InChI is InChI=1S/C10H16O/c11-8-10(6-1-2-7-10)9-4-3-5-9/h8-9H,1-7H2. The van der Waals surface area contributed by atoms with Crippen LogP contribution >= 0.6 is 0 Å². The summed E-state index contributed by atoms with van der Waals surface area (Å²) >= 11 is 0. The van der Waals surface area contributed by atoms with Gasteiger partial charge < -0.3 is 4.79 Å². The van der Waals surface area contributed by atoms with Crippen LogP contribution in [0, 0.1) is 11.3 Å². The van der Waals surface area contributed by atoms with Gasteiger partial charge in [-0.1, -0.05) is 19.3 Å². The fraction of sp³-hybridized carbons (Fsp3) is 0.900. The van der Waals surface area contributed by atoms with Crippen LogP contribution in [0.15, 0.2) is 0 Å². The van der Waals surface area contributed by atoms with Crippen molar-refractivity contribution in [2.75, 3.05) is 0 Å². The molecule has 11 heavy (non-hydrogen) atoms. The van der Waals surface area contributed by atoms with E-state index in [1.54, 1.807) is 0 Å². The lowest BCUT2D eigenvalue weighted by molar-refractivity contribution is -0.120. The van der Waals surface area contributed by atoms with E-state index in [0.717, 1.165) is 5.92 Å². The molecule has 62 valence electrons. The van der Waals surface area contributed by atoms with E-state index in [-0.39, 0.29) is 5.41 Å². The summed E-state index contributed by atoms with van der Waals surface area (Å²) in [5, 5.41) is 0. The Balaban J connectivity index is 2.07. The predicted octanol–water partition coefficient (Wildman–Crippen LogP) is 2.55. The van der Waals surface area contributed by atoms with Crippen molar-refractivity contribution < 1.29 is 4.79 Å². The largest absolute Gasteiger partial charge is 0.303 e. The summed E-state index contributed by atoms with van der Waals surface area (Å²) in [6, 6.07) is 0. The van der Waals surface area contributed by atoms with Crippen molar-refractivity contribution in [2.24, 2.45) is 11.3 Å². The Labute approximate surface area is 68.2 Å². The summed E-state index contributed by atoms with van der Waals surface area (Å²) in [4.78, 5) is 11.0. The summed E-state index contributed by atoms with van der Waals surface area (Å²) in [5.74, 6) is 0.766. The van der Waals surface area contributed by atoms with Gasteiger partial charge in [-0.3, -0.25) is 0 Å². The van der Waals surface area contributed by atoms with Crippen molar-refractivity contribution in [3.63, 3.8) is 0 Å². The summed E-state index contributed by atoms with van der Waals surface area (Å²) < 4.78 is 0. The molecule has 0 spiro atoms. The number of carbonyl (C=O) groups is 1. The zero-order valence-electron chi connectivity index (χ0n) is 7.01. The van der Waals surface area contributed by atoms with Crippen molar-refractivity contribution in [1.29, 1.82) is 0 Å². The highest BCUT2D eigenvalue weighted by Gasteiger charge is 2.43. The average Bonchev–Trinajstić information content (AvgIpc) is 2.34. The highest BCUT2D eigenvalue weighted by atomic mass is 16.1. The molecule has 0 aromatic rings. The highest BCUT2D eigenvalue weighted by molar-refractivity contribution is 5.60. The quantitative estimate of drug-likeness (QED) is 0.556. The van der Waals surface area contributed by atoms with Gasteiger partial charge in [-0.15, -0.1) is 0 Å². The molecule has 0 bridgehead atoms. The molecule has 0 unspecified atom stereocenters. The maximum absolute atomic E-state index is 11.0. The van der Waals surface area contributed by atoms with Gasteiger partial charge in [0.05, 0.1) is 0 Å². The number of hydrogen-bond acceptors (Lipinski definition) is 1. The first-order valence-electron chi connectivity index (χ1n) is 4.84. The van der Waals surface area contributed by atoms with E-state index in [0.29, 0.717) is 0 Å². The SMILES string of the molecule is O=CC1(C2CCC2)CCCC1. The van der Waals surface area contributed by atoms with Crippen molar-refractivity contribution in [3.05, 3.63) is 0 Å². The summed E-state index contributed by atoms with van der Waals surface area (Å²) in [7, 11) is 0. The molecule has 0 aromatic heterocycles. The van der Waals surface area contributed by atoms with Crippen LogP contribution in [0.1, 0.15) is 44.9 Å². The normalized spacial score (nSPS) is 29.8. The smallest absolute Gasteiger partial charge is 0.126 e. The van der Waals surface area contributed by atoms with Gasteiger partial charge in [0.15, 0.2) is 0 Å². The molecule has 0 amide bonds. The lowest BCUT2D eigenvalue weighted by Gasteiger charge is -2.38. The molecule has 0 N–H and O–H groups in total. The van der Waals surface area contributed by atoms with Gasteiger partial charge >= 0.3 is 0 Å². The second-order valence-electron chi connectivity index (χ2n) is 4.19. The van der Waals surface area contributed by atoms with Gasteiger partial charge in [0.1, 0.15) is 6.29 Å². The summed E-state index contributed by atoms with van der Waals surface area (Å²) in [6.45, 7) is 0. The van der Waals surface area contributed by atoms with Gasteiger partial charge in [0.2, 0.25) is 0 Å². The van der Waals surface area contributed by atoms with Gasteiger partial charge in [-0.2, -0.15) is 0 Å². The lowest BCUT2D eigenvalue weighted by atomic mass is 9.65. The molecular weight excluding hydrogens is 136 g/mol. The monoisotopic (exact) mass is 152 g/mol. The molecule has 2 rings (SSSR count). The van der Waals surface area contributed by atoms with E-state index in [1.807, 2.05) is 0 Å². The first-order chi connectivity index (χ1) is 5.37. The third kappa shape index (κ3) is 1.02. The molecule has 2 saturated carbocycles. The molecule has 1 nitrogen and oxygen atoms in total. The Morgan fingerprint density at radius 1 is 1.09 bits per heavy atom. The highest BCUT2D eigenvalue weighted by Crippen LogP contribution is 2.50. The predicted molar refractivity (Wildman–Crippen MR) is 44.3 cm³/mol. The Kier molecular flexibility index (Phi) is 1.74. The average molecular weight is 152 g/mol. The van der Waals surface area contributed by atoms with E-state index in [9.17, 15) is 4.79 Å². The van der Waals surface area contributed by atoms with Crippen LogP contribution in [0.3, 0.4) is 0 Å². The Morgan fingerprint density at radius 2 is 1.73 bits per heavy atom. The minimum absolute atomic E-state index is 0.151. The number of hydrogen-bond donors (Lipinski definition) is 0. The lowest BCUT2D eigenvalue weighted by Crippen LogP contribution is -2.33. The molecule has 0 atom stereocenters. The second-order valence-corrected chi connectivity index (χ2v) is 4.19.